The van der Waals surface area contributed by atoms with Gasteiger partial charge in [-0.05, 0) is 11.6 Å². The first-order valence-corrected chi connectivity index (χ1v) is 6.47. The summed E-state index contributed by atoms with van der Waals surface area (Å²) in [7, 11) is 3.83. The first-order chi connectivity index (χ1) is 10.6. The third-order valence-electron chi connectivity index (χ3n) is 2.69. The fourth-order valence-corrected chi connectivity index (χ4v) is 1.65. The van der Waals surface area contributed by atoms with E-state index in [1.54, 1.807) is 12.2 Å². The van der Waals surface area contributed by atoms with Crippen LogP contribution >= 0.6 is 0 Å². The standard InChI is InChI=1S/C17H18O5/c1-20-12-15(17(19)22-3)14(16(18)21-2)11-7-10-13-8-5-4-6-9-13/h4-12H,1-3H3/b10-7+,14-11+,15-12+. The van der Waals surface area contributed by atoms with Crippen LogP contribution in [-0.4, -0.2) is 33.3 Å². The number of ether oxygens (including phenoxy) is 3. The topological polar surface area (TPSA) is 61.8 Å². The second kappa shape index (κ2) is 9.18. The predicted molar refractivity (Wildman–Crippen MR) is 82.7 cm³/mol. The van der Waals surface area contributed by atoms with Crippen LogP contribution in [0.3, 0.4) is 0 Å². The summed E-state index contributed by atoms with van der Waals surface area (Å²) in [4.78, 5) is 23.6. The minimum Gasteiger partial charge on any atom is -0.503 e. The maximum absolute atomic E-state index is 11.9. The molecule has 0 atom stereocenters. The summed E-state index contributed by atoms with van der Waals surface area (Å²) in [5.41, 5.74) is 0.983. The molecule has 5 nitrogen and oxygen atoms in total. The van der Waals surface area contributed by atoms with Crippen molar-refractivity contribution in [2.75, 3.05) is 21.3 Å². The molecule has 1 aromatic rings. The van der Waals surface area contributed by atoms with Gasteiger partial charge in [0.15, 0.2) is 0 Å². The van der Waals surface area contributed by atoms with E-state index >= 15 is 0 Å². The van der Waals surface area contributed by atoms with Crippen LogP contribution < -0.4 is 0 Å². The Balaban J connectivity index is 3.14. The van der Waals surface area contributed by atoms with Crippen LogP contribution in [0, 0.1) is 0 Å². The molecule has 116 valence electrons. The quantitative estimate of drug-likeness (QED) is 0.350. The van der Waals surface area contributed by atoms with Gasteiger partial charge in [0.25, 0.3) is 0 Å². The number of hydrogen-bond acceptors (Lipinski definition) is 5. The van der Waals surface area contributed by atoms with Gasteiger partial charge < -0.3 is 14.2 Å². The number of carbonyl (C=O) groups is 2. The second-order valence-corrected chi connectivity index (χ2v) is 4.10. The van der Waals surface area contributed by atoms with Gasteiger partial charge in [0, 0.05) is 0 Å². The Morgan fingerprint density at radius 3 is 2.05 bits per heavy atom. The van der Waals surface area contributed by atoms with E-state index in [1.807, 2.05) is 30.3 Å². The molecule has 0 amide bonds. The lowest BCUT2D eigenvalue weighted by molar-refractivity contribution is -0.139. The van der Waals surface area contributed by atoms with Crippen LogP contribution in [0.2, 0.25) is 0 Å². The van der Waals surface area contributed by atoms with E-state index in [4.69, 9.17) is 9.47 Å². The van der Waals surface area contributed by atoms with Crippen molar-refractivity contribution in [1.29, 1.82) is 0 Å². The van der Waals surface area contributed by atoms with E-state index in [0.29, 0.717) is 0 Å². The third kappa shape index (κ3) is 4.94. The lowest BCUT2D eigenvalue weighted by Gasteiger charge is -2.07. The Hall–Kier alpha value is -2.82. The summed E-state index contributed by atoms with van der Waals surface area (Å²) < 4.78 is 14.2. The molecule has 0 aliphatic carbocycles. The maximum atomic E-state index is 11.9. The molecule has 5 heteroatoms. The zero-order chi connectivity index (χ0) is 16.4. The van der Waals surface area contributed by atoms with Gasteiger partial charge >= 0.3 is 11.9 Å². The maximum Gasteiger partial charge on any atom is 0.341 e. The summed E-state index contributed by atoms with van der Waals surface area (Å²) >= 11 is 0. The minimum absolute atomic E-state index is 0.0189. The van der Waals surface area contributed by atoms with Crippen molar-refractivity contribution in [3.63, 3.8) is 0 Å². The Labute approximate surface area is 129 Å². The highest BCUT2D eigenvalue weighted by Crippen LogP contribution is 2.15. The number of rotatable bonds is 6. The Kier molecular flexibility index (Phi) is 7.19. The predicted octanol–water partition coefficient (Wildman–Crippen LogP) is 2.50. The number of methoxy groups -OCH3 is 3. The van der Waals surface area contributed by atoms with Crippen molar-refractivity contribution >= 4 is 18.0 Å². The van der Waals surface area contributed by atoms with E-state index < -0.39 is 11.9 Å². The average Bonchev–Trinajstić information content (AvgIpc) is 2.56. The Bertz CT molecular complexity index is 597. The van der Waals surface area contributed by atoms with Crippen molar-refractivity contribution in [2.24, 2.45) is 0 Å². The molecule has 0 saturated heterocycles. The van der Waals surface area contributed by atoms with Gasteiger partial charge in [-0.2, -0.15) is 0 Å². The number of allylic oxidation sites excluding steroid dienone is 2. The normalized spacial score (nSPS) is 12.1. The molecule has 0 heterocycles. The molecular formula is C17H18O5. The summed E-state index contributed by atoms with van der Waals surface area (Å²) in [6.45, 7) is 0. The second-order valence-electron chi connectivity index (χ2n) is 4.10. The molecule has 0 aromatic heterocycles. The molecule has 1 aromatic carbocycles. The van der Waals surface area contributed by atoms with Gasteiger partial charge in [0.2, 0.25) is 0 Å². The fourth-order valence-electron chi connectivity index (χ4n) is 1.65. The average molecular weight is 302 g/mol. The van der Waals surface area contributed by atoms with E-state index in [1.165, 1.54) is 27.4 Å². The van der Waals surface area contributed by atoms with Crippen LogP contribution in [-0.2, 0) is 23.8 Å². The van der Waals surface area contributed by atoms with Crippen molar-refractivity contribution in [3.8, 4) is 0 Å². The third-order valence-corrected chi connectivity index (χ3v) is 2.69. The zero-order valence-electron chi connectivity index (χ0n) is 12.7. The molecule has 0 aliphatic rings. The molecule has 0 radical (unpaired) electrons. The molecule has 0 spiro atoms. The molecule has 0 N–H and O–H groups in total. The first-order valence-electron chi connectivity index (χ1n) is 6.47. The van der Waals surface area contributed by atoms with Crippen LogP contribution in [0.15, 0.2) is 59.9 Å². The minimum atomic E-state index is -0.688. The Morgan fingerprint density at radius 2 is 1.50 bits per heavy atom. The van der Waals surface area contributed by atoms with Gasteiger partial charge in [-0.3, -0.25) is 0 Å². The summed E-state index contributed by atoms with van der Waals surface area (Å²) in [5.74, 6) is -1.35. The lowest BCUT2D eigenvalue weighted by Crippen LogP contribution is -2.15. The highest BCUT2D eigenvalue weighted by molar-refractivity contribution is 6.07. The van der Waals surface area contributed by atoms with Crippen LogP contribution in [0.5, 0.6) is 0 Å². The molecule has 0 aliphatic heterocycles. The van der Waals surface area contributed by atoms with Gasteiger partial charge in [0.1, 0.15) is 5.57 Å². The van der Waals surface area contributed by atoms with Crippen LogP contribution in [0.25, 0.3) is 6.08 Å². The lowest BCUT2D eigenvalue weighted by atomic mass is 10.1. The number of benzene rings is 1. The number of hydrogen-bond donors (Lipinski definition) is 0. The summed E-state index contributed by atoms with van der Waals surface area (Å²) in [5, 5.41) is 0. The van der Waals surface area contributed by atoms with Crippen molar-refractivity contribution < 1.29 is 23.8 Å². The SMILES string of the molecule is CO\C=C(C(=O)OC)/C(=C\C=C\c1ccccc1)C(=O)OC. The number of esters is 2. The highest BCUT2D eigenvalue weighted by Gasteiger charge is 2.22. The van der Waals surface area contributed by atoms with Crippen LogP contribution in [0.1, 0.15) is 5.56 Å². The number of carbonyl (C=O) groups excluding carboxylic acids is 2. The van der Waals surface area contributed by atoms with E-state index in [2.05, 4.69) is 4.74 Å². The molecular weight excluding hydrogens is 284 g/mol. The van der Waals surface area contributed by atoms with E-state index in [0.717, 1.165) is 11.8 Å². The summed E-state index contributed by atoms with van der Waals surface area (Å²) in [6, 6.07) is 9.52. The van der Waals surface area contributed by atoms with Crippen molar-refractivity contribution in [1.82, 2.24) is 0 Å². The van der Waals surface area contributed by atoms with Crippen molar-refractivity contribution in [3.05, 3.63) is 65.5 Å². The smallest absolute Gasteiger partial charge is 0.341 e. The molecule has 0 fully saturated rings. The largest absolute Gasteiger partial charge is 0.503 e. The van der Waals surface area contributed by atoms with Gasteiger partial charge in [-0.15, -0.1) is 0 Å². The molecule has 0 saturated carbocycles. The molecule has 0 bridgehead atoms. The zero-order valence-corrected chi connectivity index (χ0v) is 12.7. The summed E-state index contributed by atoms with van der Waals surface area (Å²) in [6.07, 6.45) is 6.06. The monoisotopic (exact) mass is 302 g/mol. The molecule has 22 heavy (non-hydrogen) atoms. The molecule has 1 rings (SSSR count). The first kappa shape index (κ1) is 17.2. The van der Waals surface area contributed by atoms with Gasteiger partial charge in [-0.25, -0.2) is 9.59 Å². The highest BCUT2D eigenvalue weighted by atomic mass is 16.5. The van der Waals surface area contributed by atoms with Crippen molar-refractivity contribution in [2.45, 2.75) is 0 Å². The molecule has 0 unspecified atom stereocenters. The van der Waals surface area contributed by atoms with E-state index in [-0.39, 0.29) is 11.1 Å². The Morgan fingerprint density at radius 1 is 0.909 bits per heavy atom. The fraction of sp³-hybridized carbons (Fsp3) is 0.176. The van der Waals surface area contributed by atoms with Gasteiger partial charge in [-0.1, -0.05) is 42.5 Å². The van der Waals surface area contributed by atoms with E-state index in [9.17, 15) is 9.59 Å². The van der Waals surface area contributed by atoms with Crippen LogP contribution in [0.4, 0.5) is 0 Å². The van der Waals surface area contributed by atoms with Gasteiger partial charge in [0.05, 0.1) is 33.2 Å².